The summed E-state index contributed by atoms with van der Waals surface area (Å²) in [6.07, 6.45) is 1.39. The van der Waals surface area contributed by atoms with Crippen molar-refractivity contribution in [3.05, 3.63) is 35.1 Å². The molecule has 1 aromatic rings. The van der Waals surface area contributed by atoms with Gasteiger partial charge in [-0.2, -0.15) is 0 Å². The molecular weight excluding hydrogens is 283 g/mol. The molecule has 2 rings (SSSR count). The van der Waals surface area contributed by atoms with Crippen LogP contribution < -0.4 is 11.1 Å². The summed E-state index contributed by atoms with van der Waals surface area (Å²) in [5, 5.41) is 3.05. The minimum atomic E-state index is -2.98. The maximum absolute atomic E-state index is 13.8. The molecule has 1 aromatic carbocycles. The van der Waals surface area contributed by atoms with Gasteiger partial charge in [0, 0.05) is 23.7 Å². The summed E-state index contributed by atoms with van der Waals surface area (Å²) in [6.45, 7) is 0.227. The number of hydrogen-bond acceptors (Lipinski definition) is 4. The lowest BCUT2D eigenvalue weighted by Crippen LogP contribution is -2.39. The zero-order valence-corrected chi connectivity index (χ0v) is 11.7. The number of primary amides is 1. The van der Waals surface area contributed by atoms with Crippen molar-refractivity contribution in [2.45, 2.75) is 25.4 Å². The average molecular weight is 300 g/mol. The zero-order valence-electron chi connectivity index (χ0n) is 10.9. The maximum Gasteiger partial charge on any atom is 0.248 e. The molecule has 0 aromatic heterocycles. The third-order valence-corrected chi connectivity index (χ3v) is 5.20. The van der Waals surface area contributed by atoms with Crippen LogP contribution in [0.4, 0.5) is 4.39 Å². The van der Waals surface area contributed by atoms with Crippen molar-refractivity contribution in [2.75, 3.05) is 11.5 Å². The number of carbonyl (C=O) groups excluding carboxylic acids is 1. The van der Waals surface area contributed by atoms with Crippen LogP contribution in [0.15, 0.2) is 18.2 Å². The number of amides is 1. The van der Waals surface area contributed by atoms with E-state index >= 15 is 0 Å². The van der Waals surface area contributed by atoms with E-state index in [1.54, 1.807) is 0 Å². The third kappa shape index (κ3) is 3.77. The lowest BCUT2D eigenvalue weighted by Gasteiger charge is -2.23. The second-order valence-corrected chi connectivity index (χ2v) is 7.23. The van der Waals surface area contributed by atoms with E-state index in [0.717, 1.165) is 12.5 Å². The van der Waals surface area contributed by atoms with E-state index < -0.39 is 21.6 Å². The molecule has 1 heterocycles. The number of carbonyl (C=O) groups is 1. The molecule has 0 bridgehead atoms. The van der Waals surface area contributed by atoms with E-state index in [1.165, 1.54) is 12.1 Å². The Morgan fingerprint density at radius 1 is 1.45 bits per heavy atom. The van der Waals surface area contributed by atoms with Crippen LogP contribution in [0, 0.1) is 5.82 Å². The second kappa shape index (κ2) is 5.88. The first-order valence-electron chi connectivity index (χ1n) is 6.39. The fourth-order valence-corrected chi connectivity index (χ4v) is 3.95. The van der Waals surface area contributed by atoms with Crippen molar-refractivity contribution < 1.29 is 17.6 Å². The van der Waals surface area contributed by atoms with Crippen LogP contribution in [-0.4, -0.2) is 31.9 Å². The van der Waals surface area contributed by atoms with E-state index in [9.17, 15) is 17.6 Å². The normalized spacial score (nSPS) is 21.6. The highest BCUT2D eigenvalue weighted by atomic mass is 32.2. The van der Waals surface area contributed by atoms with Crippen molar-refractivity contribution in [3.8, 4) is 0 Å². The number of nitrogens with one attached hydrogen (secondary N) is 1. The molecule has 5 nitrogen and oxygen atoms in total. The number of rotatable bonds is 4. The highest BCUT2D eigenvalue weighted by Gasteiger charge is 2.24. The van der Waals surface area contributed by atoms with Gasteiger partial charge in [-0.25, -0.2) is 12.8 Å². The number of benzene rings is 1. The van der Waals surface area contributed by atoms with E-state index in [2.05, 4.69) is 5.32 Å². The molecule has 0 aliphatic carbocycles. The van der Waals surface area contributed by atoms with E-state index in [-0.39, 0.29) is 29.7 Å². The smallest absolute Gasteiger partial charge is 0.248 e. The van der Waals surface area contributed by atoms with Gasteiger partial charge in [-0.1, -0.05) is 6.07 Å². The predicted molar refractivity (Wildman–Crippen MR) is 73.4 cm³/mol. The van der Waals surface area contributed by atoms with Crippen molar-refractivity contribution in [1.82, 2.24) is 5.32 Å². The second-order valence-electron chi connectivity index (χ2n) is 5.00. The summed E-state index contributed by atoms with van der Waals surface area (Å²) in [5.74, 6) is -0.879. The lowest BCUT2D eigenvalue weighted by atomic mass is 10.1. The molecule has 20 heavy (non-hydrogen) atoms. The summed E-state index contributed by atoms with van der Waals surface area (Å²) in [4.78, 5) is 10.9. The molecule has 1 fully saturated rings. The molecule has 0 spiro atoms. The summed E-state index contributed by atoms with van der Waals surface area (Å²) in [7, 11) is -2.98. The van der Waals surface area contributed by atoms with Gasteiger partial charge in [0.25, 0.3) is 0 Å². The minimum Gasteiger partial charge on any atom is -0.366 e. The fourth-order valence-electron chi connectivity index (χ4n) is 2.28. The number of halogens is 1. The first kappa shape index (κ1) is 14.9. The van der Waals surface area contributed by atoms with Gasteiger partial charge in [0.1, 0.15) is 5.82 Å². The largest absolute Gasteiger partial charge is 0.366 e. The van der Waals surface area contributed by atoms with Gasteiger partial charge >= 0.3 is 0 Å². The van der Waals surface area contributed by atoms with Gasteiger partial charge in [-0.05, 0) is 25.0 Å². The number of nitrogens with two attached hydrogens (primary N) is 1. The van der Waals surface area contributed by atoms with E-state index in [4.69, 9.17) is 5.73 Å². The Morgan fingerprint density at radius 3 is 2.80 bits per heavy atom. The fraction of sp³-hybridized carbons (Fsp3) is 0.462. The Balaban J connectivity index is 1.99. The molecule has 1 aliphatic heterocycles. The van der Waals surface area contributed by atoms with Crippen LogP contribution in [0.25, 0.3) is 0 Å². The predicted octanol–water partition coefficient (Wildman–Crippen LogP) is 0.591. The molecule has 1 amide bonds. The molecule has 0 radical (unpaired) electrons. The molecular formula is C13H17FN2O3S. The van der Waals surface area contributed by atoms with Crippen LogP contribution in [0.2, 0.25) is 0 Å². The minimum absolute atomic E-state index is 0.0913. The SMILES string of the molecule is NC(=O)c1ccc(CNC2CCCS(=O)(=O)C2)c(F)c1. The monoisotopic (exact) mass is 300 g/mol. The summed E-state index contributed by atoms with van der Waals surface area (Å²) >= 11 is 0. The first-order valence-corrected chi connectivity index (χ1v) is 8.21. The first-order chi connectivity index (χ1) is 9.37. The number of sulfone groups is 1. The van der Waals surface area contributed by atoms with Gasteiger partial charge in [0.05, 0.1) is 11.5 Å². The van der Waals surface area contributed by atoms with Gasteiger partial charge in [0.2, 0.25) is 5.91 Å². The van der Waals surface area contributed by atoms with Gasteiger partial charge in [0.15, 0.2) is 9.84 Å². The number of hydrogen-bond donors (Lipinski definition) is 2. The summed E-state index contributed by atoms with van der Waals surface area (Å²) in [6, 6.07) is 3.89. The zero-order chi connectivity index (χ0) is 14.8. The molecule has 7 heteroatoms. The topological polar surface area (TPSA) is 89.3 Å². The Hall–Kier alpha value is -1.47. The molecule has 1 aliphatic rings. The quantitative estimate of drug-likeness (QED) is 0.852. The summed E-state index contributed by atoms with van der Waals surface area (Å²) in [5.41, 5.74) is 5.57. The lowest BCUT2D eigenvalue weighted by molar-refractivity contribution is 0.1000. The Kier molecular flexibility index (Phi) is 4.39. The van der Waals surface area contributed by atoms with Crippen LogP contribution >= 0.6 is 0 Å². The van der Waals surface area contributed by atoms with Crippen LogP contribution in [0.3, 0.4) is 0 Å². The van der Waals surface area contributed by atoms with Gasteiger partial charge in [-0.3, -0.25) is 4.79 Å². The van der Waals surface area contributed by atoms with Crippen LogP contribution in [-0.2, 0) is 16.4 Å². The summed E-state index contributed by atoms with van der Waals surface area (Å²) < 4.78 is 36.7. The van der Waals surface area contributed by atoms with Crippen LogP contribution in [0.1, 0.15) is 28.8 Å². The van der Waals surface area contributed by atoms with Crippen LogP contribution in [0.5, 0.6) is 0 Å². The molecule has 1 atom stereocenters. The molecule has 1 saturated heterocycles. The van der Waals surface area contributed by atoms with Crippen molar-refractivity contribution in [2.24, 2.45) is 5.73 Å². The third-order valence-electron chi connectivity index (χ3n) is 3.38. The van der Waals surface area contributed by atoms with Gasteiger partial charge < -0.3 is 11.1 Å². The van der Waals surface area contributed by atoms with Crippen molar-refractivity contribution >= 4 is 15.7 Å². The maximum atomic E-state index is 13.8. The van der Waals surface area contributed by atoms with Gasteiger partial charge in [-0.15, -0.1) is 0 Å². The molecule has 110 valence electrons. The molecule has 1 unspecified atom stereocenters. The van der Waals surface area contributed by atoms with E-state index in [1.807, 2.05) is 0 Å². The molecule has 0 saturated carbocycles. The Labute approximate surface area is 117 Å². The molecule has 3 N–H and O–H groups in total. The van der Waals surface area contributed by atoms with Crippen molar-refractivity contribution in [1.29, 1.82) is 0 Å². The highest BCUT2D eigenvalue weighted by Crippen LogP contribution is 2.14. The standard InChI is InChI=1S/C13H17FN2O3S/c14-12-6-9(13(15)17)3-4-10(12)7-16-11-2-1-5-20(18,19)8-11/h3-4,6,11,16H,1-2,5,7-8H2,(H2,15,17). The van der Waals surface area contributed by atoms with Crippen molar-refractivity contribution in [3.63, 3.8) is 0 Å². The highest BCUT2D eigenvalue weighted by molar-refractivity contribution is 7.91. The Morgan fingerprint density at radius 2 is 2.20 bits per heavy atom. The average Bonchev–Trinajstić information content (AvgIpc) is 2.36. The van der Waals surface area contributed by atoms with E-state index in [0.29, 0.717) is 12.0 Å². The Bertz CT molecular complexity index is 616.